The molecule has 0 N–H and O–H groups in total. The van der Waals surface area contributed by atoms with Crippen LogP contribution in [0.3, 0.4) is 0 Å². The van der Waals surface area contributed by atoms with Crippen molar-refractivity contribution in [1.29, 1.82) is 0 Å². The van der Waals surface area contributed by atoms with E-state index in [4.69, 9.17) is 18.8 Å². The number of para-hydroxylation sites is 3. The molecule has 0 saturated carbocycles. The highest BCUT2D eigenvalue weighted by Crippen LogP contribution is 2.36. The maximum atomic E-state index is 6.21. The van der Waals surface area contributed by atoms with Gasteiger partial charge in [0, 0.05) is 22.1 Å². The first-order chi connectivity index (χ1) is 16.8. The molecule has 0 atom stereocenters. The van der Waals surface area contributed by atoms with Gasteiger partial charge in [-0.25, -0.2) is 15.0 Å². The molecule has 7 aromatic rings. The van der Waals surface area contributed by atoms with E-state index >= 15 is 0 Å². The minimum atomic E-state index is 0.571. The molecule has 0 unspecified atom stereocenters. The van der Waals surface area contributed by atoms with Gasteiger partial charge >= 0.3 is 0 Å². The summed E-state index contributed by atoms with van der Waals surface area (Å²) in [5, 5.41) is 0.966. The summed E-state index contributed by atoms with van der Waals surface area (Å²) < 4.78 is 12.2. The number of nitrogens with zero attached hydrogens (tertiary/aromatic N) is 3. The lowest BCUT2D eigenvalue weighted by Gasteiger charge is -2.07. The van der Waals surface area contributed by atoms with Crippen LogP contribution in [0, 0.1) is 0 Å². The van der Waals surface area contributed by atoms with E-state index < -0.39 is 0 Å². The molecule has 0 radical (unpaired) electrons. The average Bonchev–Trinajstić information content (AvgIpc) is 3.50. The van der Waals surface area contributed by atoms with E-state index in [1.54, 1.807) is 0 Å². The highest BCUT2D eigenvalue weighted by atomic mass is 16.3. The molecule has 34 heavy (non-hydrogen) atoms. The van der Waals surface area contributed by atoms with Crippen molar-refractivity contribution in [3.05, 3.63) is 103 Å². The second kappa shape index (κ2) is 7.39. The fourth-order valence-electron chi connectivity index (χ4n) is 4.30. The predicted octanol–water partition coefficient (Wildman–Crippen LogP) is 7.52. The largest absolute Gasteiger partial charge is 0.452 e. The van der Waals surface area contributed by atoms with Gasteiger partial charge in [-0.15, -0.1) is 0 Å². The first kappa shape index (κ1) is 18.8. The van der Waals surface area contributed by atoms with Gasteiger partial charge in [-0.05, 0) is 36.4 Å². The molecule has 5 nitrogen and oxygen atoms in total. The van der Waals surface area contributed by atoms with Crippen molar-refractivity contribution in [3.8, 4) is 34.1 Å². The molecule has 0 saturated heterocycles. The summed E-state index contributed by atoms with van der Waals surface area (Å²) >= 11 is 0. The van der Waals surface area contributed by atoms with Gasteiger partial charge in [-0.3, -0.25) is 0 Å². The fraction of sp³-hybridized carbons (Fsp3) is 0. The van der Waals surface area contributed by atoms with Crippen LogP contribution < -0.4 is 0 Å². The van der Waals surface area contributed by atoms with Gasteiger partial charge in [0.25, 0.3) is 0 Å². The number of aromatic nitrogens is 3. The number of hydrogen-bond acceptors (Lipinski definition) is 5. The summed E-state index contributed by atoms with van der Waals surface area (Å²) in [5.74, 6) is 1.19. The first-order valence-corrected chi connectivity index (χ1v) is 11.0. The standard InChI is InChI=1S/C29H17N3O2/c1-2-9-18(10-3-1)25-27-26(21-13-4-6-15-23(21)33-27)32-28(31-25)19-11-8-12-20(17-19)29-30-22-14-5-7-16-24(22)34-29/h1-17H. The Morgan fingerprint density at radius 1 is 0.529 bits per heavy atom. The Morgan fingerprint density at radius 3 is 2.15 bits per heavy atom. The summed E-state index contributed by atoms with van der Waals surface area (Å²) in [5.41, 5.74) is 7.36. The zero-order valence-corrected chi connectivity index (χ0v) is 18.0. The van der Waals surface area contributed by atoms with Crippen LogP contribution in [0.5, 0.6) is 0 Å². The zero-order chi connectivity index (χ0) is 22.5. The van der Waals surface area contributed by atoms with Gasteiger partial charge in [0.1, 0.15) is 22.3 Å². The minimum absolute atomic E-state index is 0.571. The summed E-state index contributed by atoms with van der Waals surface area (Å²) in [6.07, 6.45) is 0. The molecule has 0 amide bonds. The van der Waals surface area contributed by atoms with E-state index in [9.17, 15) is 0 Å². The number of fused-ring (bicyclic) bond motifs is 4. The molecule has 4 aromatic carbocycles. The Hall–Kier alpha value is -4.77. The maximum absolute atomic E-state index is 6.21. The number of rotatable bonds is 3. The summed E-state index contributed by atoms with van der Waals surface area (Å²) in [6.45, 7) is 0. The third kappa shape index (κ3) is 2.98. The Morgan fingerprint density at radius 2 is 1.26 bits per heavy atom. The van der Waals surface area contributed by atoms with Crippen LogP contribution in [-0.4, -0.2) is 15.0 Å². The highest BCUT2D eigenvalue weighted by Gasteiger charge is 2.18. The van der Waals surface area contributed by atoms with Crippen LogP contribution in [0.15, 0.2) is 112 Å². The van der Waals surface area contributed by atoms with Crippen molar-refractivity contribution in [2.24, 2.45) is 0 Å². The molecule has 0 aliphatic carbocycles. The predicted molar refractivity (Wildman–Crippen MR) is 133 cm³/mol. The molecule has 0 fully saturated rings. The van der Waals surface area contributed by atoms with E-state index in [0.717, 1.165) is 50.0 Å². The normalized spacial score (nSPS) is 11.5. The Bertz CT molecular complexity index is 1780. The van der Waals surface area contributed by atoms with E-state index in [1.165, 1.54) is 0 Å². The molecule has 0 spiro atoms. The molecule has 5 heteroatoms. The number of furan rings is 1. The van der Waals surface area contributed by atoms with Crippen LogP contribution >= 0.6 is 0 Å². The SMILES string of the molecule is c1ccc(-c2nc(-c3cccc(-c4nc5ccccc5o4)c3)nc3c2oc2ccccc23)cc1. The molecule has 0 aliphatic rings. The lowest BCUT2D eigenvalue weighted by Crippen LogP contribution is -1.94. The van der Waals surface area contributed by atoms with Crippen LogP contribution in [0.4, 0.5) is 0 Å². The van der Waals surface area contributed by atoms with Gasteiger partial charge in [-0.2, -0.15) is 0 Å². The molecule has 0 aliphatic heterocycles. The van der Waals surface area contributed by atoms with Gasteiger partial charge < -0.3 is 8.83 Å². The van der Waals surface area contributed by atoms with E-state index in [-0.39, 0.29) is 0 Å². The van der Waals surface area contributed by atoms with Crippen LogP contribution in [0.1, 0.15) is 0 Å². The fourth-order valence-corrected chi connectivity index (χ4v) is 4.30. The van der Waals surface area contributed by atoms with E-state index in [0.29, 0.717) is 17.3 Å². The lowest BCUT2D eigenvalue weighted by atomic mass is 10.1. The number of benzene rings is 4. The Labute approximate surface area is 194 Å². The highest BCUT2D eigenvalue weighted by molar-refractivity contribution is 6.07. The minimum Gasteiger partial charge on any atom is -0.452 e. The summed E-state index contributed by atoms with van der Waals surface area (Å²) in [6, 6.07) is 33.7. The van der Waals surface area contributed by atoms with Gasteiger partial charge in [0.2, 0.25) is 5.89 Å². The van der Waals surface area contributed by atoms with E-state index in [1.807, 2.05) is 103 Å². The molecular formula is C29H17N3O2. The monoisotopic (exact) mass is 439 g/mol. The second-order valence-corrected chi connectivity index (χ2v) is 8.11. The van der Waals surface area contributed by atoms with Crippen molar-refractivity contribution in [3.63, 3.8) is 0 Å². The van der Waals surface area contributed by atoms with Crippen molar-refractivity contribution in [1.82, 2.24) is 15.0 Å². The molecule has 160 valence electrons. The van der Waals surface area contributed by atoms with E-state index in [2.05, 4.69) is 4.98 Å². The Kier molecular flexibility index (Phi) is 4.08. The second-order valence-electron chi connectivity index (χ2n) is 8.11. The van der Waals surface area contributed by atoms with Crippen molar-refractivity contribution < 1.29 is 8.83 Å². The van der Waals surface area contributed by atoms with Crippen molar-refractivity contribution >= 4 is 33.2 Å². The number of oxazole rings is 1. The third-order valence-corrected chi connectivity index (χ3v) is 5.93. The topological polar surface area (TPSA) is 65.0 Å². The quantitative estimate of drug-likeness (QED) is 0.285. The molecule has 3 heterocycles. The van der Waals surface area contributed by atoms with Crippen LogP contribution in [0.2, 0.25) is 0 Å². The first-order valence-electron chi connectivity index (χ1n) is 11.0. The van der Waals surface area contributed by atoms with Gasteiger partial charge in [0.05, 0.1) is 0 Å². The van der Waals surface area contributed by atoms with Crippen molar-refractivity contribution in [2.75, 3.05) is 0 Å². The number of hydrogen-bond donors (Lipinski definition) is 0. The van der Waals surface area contributed by atoms with Gasteiger partial charge in [-0.1, -0.05) is 66.7 Å². The summed E-state index contributed by atoms with van der Waals surface area (Å²) in [4.78, 5) is 14.5. The van der Waals surface area contributed by atoms with Crippen molar-refractivity contribution in [2.45, 2.75) is 0 Å². The van der Waals surface area contributed by atoms with Crippen LogP contribution in [-0.2, 0) is 0 Å². The molecule has 7 rings (SSSR count). The van der Waals surface area contributed by atoms with Gasteiger partial charge in [0.15, 0.2) is 17.0 Å². The summed E-state index contributed by atoms with van der Waals surface area (Å²) in [7, 11) is 0. The smallest absolute Gasteiger partial charge is 0.227 e. The zero-order valence-electron chi connectivity index (χ0n) is 18.0. The molecule has 0 bridgehead atoms. The third-order valence-electron chi connectivity index (χ3n) is 5.93. The molecular weight excluding hydrogens is 422 g/mol. The maximum Gasteiger partial charge on any atom is 0.227 e. The Balaban J connectivity index is 1.45. The lowest BCUT2D eigenvalue weighted by molar-refractivity contribution is 0.620. The molecule has 3 aromatic heterocycles. The van der Waals surface area contributed by atoms with Crippen LogP contribution in [0.25, 0.3) is 67.3 Å². The average molecular weight is 439 g/mol.